The van der Waals surface area contributed by atoms with Crippen molar-refractivity contribution in [2.24, 2.45) is 0 Å². The third kappa shape index (κ3) is 2.03. The zero-order valence-corrected chi connectivity index (χ0v) is 8.70. The molecule has 0 aliphatic carbocycles. The molecule has 2 heterocycles. The molecular weight excluding hydrogens is 164 g/mol. The molecule has 0 aromatic rings. The Morgan fingerprint density at radius 3 is 2.92 bits per heavy atom. The molecule has 0 bridgehead atoms. The lowest BCUT2D eigenvalue weighted by Crippen LogP contribution is -2.59. The number of rotatable bonds is 1. The first-order valence-electron chi connectivity index (χ1n) is 5.37. The highest BCUT2D eigenvalue weighted by Gasteiger charge is 2.31. The molecule has 0 saturated carbocycles. The van der Waals surface area contributed by atoms with Gasteiger partial charge < -0.3 is 9.64 Å². The van der Waals surface area contributed by atoms with E-state index in [1.54, 1.807) is 0 Å². The molecule has 2 saturated heterocycles. The van der Waals surface area contributed by atoms with Gasteiger partial charge in [-0.3, -0.25) is 4.90 Å². The van der Waals surface area contributed by atoms with E-state index in [0.29, 0.717) is 12.1 Å². The van der Waals surface area contributed by atoms with E-state index in [2.05, 4.69) is 23.6 Å². The Morgan fingerprint density at radius 2 is 2.15 bits per heavy atom. The van der Waals surface area contributed by atoms with Crippen molar-refractivity contribution in [3.63, 3.8) is 0 Å². The number of piperazine rings is 1. The first kappa shape index (κ1) is 9.44. The van der Waals surface area contributed by atoms with Gasteiger partial charge in [0.05, 0.1) is 12.7 Å². The van der Waals surface area contributed by atoms with Crippen molar-refractivity contribution in [1.82, 2.24) is 9.80 Å². The van der Waals surface area contributed by atoms with Crippen LogP contribution in [0.15, 0.2) is 0 Å². The first-order valence-corrected chi connectivity index (χ1v) is 5.37. The van der Waals surface area contributed by atoms with E-state index in [0.717, 1.165) is 13.2 Å². The monoisotopic (exact) mass is 184 g/mol. The molecule has 2 atom stereocenters. The largest absolute Gasteiger partial charge is 0.376 e. The second-order valence-corrected chi connectivity index (χ2v) is 4.19. The van der Waals surface area contributed by atoms with Crippen LogP contribution in [0.1, 0.15) is 13.8 Å². The fraction of sp³-hybridized carbons (Fsp3) is 1.00. The molecule has 0 N–H and O–H groups in total. The van der Waals surface area contributed by atoms with Gasteiger partial charge in [-0.2, -0.15) is 0 Å². The van der Waals surface area contributed by atoms with Gasteiger partial charge in [0.25, 0.3) is 0 Å². The van der Waals surface area contributed by atoms with Crippen molar-refractivity contribution in [1.29, 1.82) is 0 Å². The maximum Gasteiger partial charge on any atom is 0.0674 e. The zero-order valence-electron chi connectivity index (χ0n) is 8.70. The number of hydrogen-bond acceptors (Lipinski definition) is 3. The lowest BCUT2D eigenvalue weighted by atomic mass is 10.1. The van der Waals surface area contributed by atoms with Crippen LogP contribution in [0.4, 0.5) is 0 Å². The highest BCUT2D eigenvalue weighted by Crippen LogP contribution is 2.16. The maximum atomic E-state index is 5.67. The second-order valence-electron chi connectivity index (χ2n) is 4.19. The zero-order chi connectivity index (χ0) is 9.26. The standard InChI is InChI=1S/C10H20N2O/c1-3-11-4-5-12-6-9(2)13-8-10(12)7-11/h9-10H,3-8H2,1-2H3. The molecule has 13 heavy (non-hydrogen) atoms. The maximum absolute atomic E-state index is 5.67. The summed E-state index contributed by atoms with van der Waals surface area (Å²) in [6.45, 7) is 11.3. The van der Waals surface area contributed by atoms with Crippen LogP contribution >= 0.6 is 0 Å². The number of ether oxygens (including phenoxy) is 1. The molecule has 2 aliphatic heterocycles. The summed E-state index contributed by atoms with van der Waals surface area (Å²) in [4.78, 5) is 5.10. The van der Waals surface area contributed by atoms with Crippen molar-refractivity contribution in [2.75, 3.05) is 39.3 Å². The molecule has 0 amide bonds. The van der Waals surface area contributed by atoms with Gasteiger partial charge in [-0.25, -0.2) is 0 Å². The van der Waals surface area contributed by atoms with E-state index in [1.807, 2.05) is 0 Å². The molecule has 2 fully saturated rings. The Labute approximate surface area is 80.6 Å². The normalized spacial score (nSPS) is 37.4. The van der Waals surface area contributed by atoms with Crippen LogP contribution in [0.5, 0.6) is 0 Å². The van der Waals surface area contributed by atoms with Gasteiger partial charge in [0, 0.05) is 32.2 Å². The minimum atomic E-state index is 0.435. The Kier molecular flexibility index (Phi) is 2.86. The summed E-state index contributed by atoms with van der Waals surface area (Å²) in [5, 5.41) is 0. The summed E-state index contributed by atoms with van der Waals surface area (Å²) in [5.41, 5.74) is 0. The summed E-state index contributed by atoms with van der Waals surface area (Å²) in [6, 6.07) is 0.657. The van der Waals surface area contributed by atoms with Gasteiger partial charge in [0.1, 0.15) is 0 Å². The van der Waals surface area contributed by atoms with Gasteiger partial charge >= 0.3 is 0 Å². The van der Waals surface area contributed by atoms with Crippen LogP contribution < -0.4 is 0 Å². The summed E-state index contributed by atoms with van der Waals surface area (Å²) in [7, 11) is 0. The quantitative estimate of drug-likeness (QED) is 0.587. The van der Waals surface area contributed by atoms with Crippen LogP contribution in [-0.4, -0.2) is 61.3 Å². The molecule has 0 aromatic heterocycles. The Hall–Kier alpha value is -0.120. The molecule has 76 valence electrons. The smallest absolute Gasteiger partial charge is 0.0674 e. The van der Waals surface area contributed by atoms with Crippen LogP contribution in [0.3, 0.4) is 0 Å². The molecule has 0 spiro atoms. The summed E-state index contributed by atoms with van der Waals surface area (Å²) < 4.78 is 5.67. The number of hydrogen-bond donors (Lipinski definition) is 0. The van der Waals surface area contributed by atoms with Crippen LogP contribution in [0.25, 0.3) is 0 Å². The fourth-order valence-electron chi connectivity index (χ4n) is 2.30. The van der Waals surface area contributed by atoms with E-state index in [9.17, 15) is 0 Å². The molecule has 2 rings (SSSR count). The van der Waals surface area contributed by atoms with Crippen molar-refractivity contribution >= 4 is 0 Å². The molecule has 3 nitrogen and oxygen atoms in total. The summed E-state index contributed by atoms with van der Waals surface area (Å²) in [5.74, 6) is 0. The molecule has 2 unspecified atom stereocenters. The lowest BCUT2D eigenvalue weighted by Gasteiger charge is -2.45. The number of likely N-dealkylation sites (N-methyl/N-ethyl adjacent to an activating group) is 1. The van der Waals surface area contributed by atoms with Gasteiger partial charge in [0.2, 0.25) is 0 Å². The summed E-state index contributed by atoms with van der Waals surface area (Å²) in [6.07, 6.45) is 0.435. The van der Waals surface area contributed by atoms with Crippen molar-refractivity contribution in [3.8, 4) is 0 Å². The number of nitrogens with zero attached hydrogens (tertiary/aromatic N) is 2. The van der Waals surface area contributed by atoms with Crippen molar-refractivity contribution < 1.29 is 4.74 Å². The van der Waals surface area contributed by atoms with E-state index in [4.69, 9.17) is 4.74 Å². The molecule has 2 aliphatic rings. The Balaban J connectivity index is 1.90. The average Bonchev–Trinajstić information content (AvgIpc) is 2.17. The van der Waals surface area contributed by atoms with E-state index >= 15 is 0 Å². The van der Waals surface area contributed by atoms with E-state index in [1.165, 1.54) is 26.2 Å². The molecule has 3 heteroatoms. The highest BCUT2D eigenvalue weighted by atomic mass is 16.5. The molecule has 0 aromatic carbocycles. The summed E-state index contributed by atoms with van der Waals surface area (Å²) >= 11 is 0. The third-order valence-corrected chi connectivity index (χ3v) is 3.20. The minimum Gasteiger partial charge on any atom is -0.376 e. The number of morpholine rings is 1. The van der Waals surface area contributed by atoms with Crippen molar-refractivity contribution in [3.05, 3.63) is 0 Å². The lowest BCUT2D eigenvalue weighted by molar-refractivity contribution is -0.0808. The second kappa shape index (κ2) is 3.95. The fourth-order valence-corrected chi connectivity index (χ4v) is 2.30. The Bertz CT molecular complexity index is 174. The molecule has 0 radical (unpaired) electrons. The highest BCUT2D eigenvalue weighted by molar-refractivity contribution is 4.85. The third-order valence-electron chi connectivity index (χ3n) is 3.20. The molecular formula is C10H20N2O. The SMILES string of the molecule is CCN1CCN2CC(C)OCC2C1. The van der Waals surface area contributed by atoms with Crippen molar-refractivity contribution in [2.45, 2.75) is 26.0 Å². The van der Waals surface area contributed by atoms with Gasteiger partial charge in [-0.05, 0) is 13.5 Å². The predicted molar refractivity (Wildman–Crippen MR) is 52.9 cm³/mol. The van der Waals surface area contributed by atoms with Gasteiger partial charge in [0.15, 0.2) is 0 Å². The topological polar surface area (TPSA) is 15.7 Å². The first-order chi connectivity index (χ1) is 6.29. The minimum absolute atomic E-state index is 0.435. The Morgan fingerprint density at radius 1 is 1.31 bits per heavy atom. The van der Waals surface area contributed by atoms with E-state index in [-0.39, 0.29) is 0 Å². The van der Waals surface area contributed by atoms with Gasteiger partial charge in [-0.1, -0.05) is 6.92 Å². The van der Waals surface area contributed by atoms with Crippen LogP contribution in [0, 0.1) is 0 Å². The van der Waals surface area contributed by atoms with E-state index < -0.39 is 0 Å². The predicted octanol–water partition coefficient (Wildman–Crippen LogP) is 0.411. The van der Waals surface area contributed by atoms with Crippen LogP contribution in [0.2, 0.25) is 0 Å². The average molecular weight is 184 g/mol. The van der Waals surface area contributed by atoms with Gasteiger partial charge in [-0.15, -0.1) is 0 Å². The number of fused-ring (bicyclic) bond motifs is 1. The van der Waals surface area contributed by atoms with Crippen LogP contribution in [-0.2, 0) is 4.74 Å².